The largest absolute Gasteiger partial charge is 0.313 e. The van der Waals surface area contributed by atoms with E-state index < -0.39 is 0 Å². The lowest BCUT2D eigenvalue weighted by atomic mass is 9.74. The first kappa shape index (κ1) is 14.4. The van der Waals surface area contributed by atoms with E-state index in [1.165, 1.54) is 57.9 Å². The Balaban J connectivity index is 1.80. The quantitative estimate of drug-likeness (QED) is 0.769. The predicted octanol–water partition coefficient (Wildman–Crippen LogP) is 4.62. The first-order valence-corrected chi connectivity index (χ1v) is 8.40. The fourth-order valence-electron chi connectivity index (χ4n) is 4.15. The second kappa shape index (κ2) is 6.93. The molecule has 0 radical (unpaired) electrons. The molecule has 1 nitrogen and oxygen atoms in total. The van der Waals surface area contributed by atoms with Gasteiger partial charge in [0.2, 0.25) is 0 Å². The van der Waals surface area contributed by atoms with Crippen LogP contribution in [0.2, 0.25) is 0 Å². The number of nitrogens with one attached hydrogen (secondary N) is 1. The van der Waals surface area contributed by atoms with Gasteiger partial charge in [0.15, 0.2) is 0 Å². The van der Waals surface area contributed by atoms with E-state index in [9.17, 15) is 0 Å². The molecule has 0 bridgehead atoms. The van der Waals surface area contributed by atoms with Crippen LogP contribution in [0.3, 0.4) is 0 Å². The Labute approximate surface area is 114 Å². The minimum absolute atomic E-state index is 0.802. The Kier molecular flexibility index (Phi) is 5.54. The summed E-state index contributed by atoms with van der Waals surface area (Å²) in [6, 6.07) is 0.802. The van der Waals surface area contributed by atoms with Gasteiger partial charge < -0.3 is 5.32 Å². The second-order valence-corrected chi connectivity index (χ2v) is 7.34. The zero-order valence-electron chi connectivity index (χ0n) is 12.8. The van der Waals surface area contributed by atoms with Crippen LogP contribution in [0.4, 0.5) is 0 Å². The Hall–Kier alpha value is -0.0400. The average molecular weight is 251 g/mol. The topological polar surface area (TPSA) is 12.0 Å². The molecule has 18 heavy (non-hydrogen) atoms. The van der Waals surface area contributed by atoms with Crippen molar-refractivity contribution in [1.29, 1.82) is 0 Å². The standard InChI is InChI=1S/C17H33N/c1-13(2)16-10-9-14(3)11-17(16)18-12-15-7-5-4-6-8-15/h13-18H,4-12H2,1-3H3. The van der Waals surface area contributed by atoms with Crippen molar-refractivity contribution in [2.75, 3.05) is 6.54 Å². The monoisotopic (exact) mass is 251 g/mol. The van der Waals surface area contributed by atoms with Crippen molar-refractivity contribution in [3.8, 4) is 0 Å². The molecule has 2 aliphatic rings. The summed E-state index contributed by atoms with van der Waals surface area (Å²) in [5.41, 5.74) is 0. The maximum atomic E-state index is 3.95. The van der Waals surface area contributed by atoms with Gasteiger partial charge in [-0.3, -0.25) is 0 Å². The highest BCUT2D eigenvalue weighted by Crippen LogP contribution is 2.34. The van der Waals surface area contributed by atoms with Gasteiger partial charge in [-0.25, -0.2) is 0 Å². The third-order valence-electron chi connectivity index (χ3n) is 5.42. The summed E-state index contributed by atoms with van der Waals surface area (Å²) in [5.74, 6) is 3.68. The molecule has 106 valence electrons. The van der Waals surface area contributed by atoms with Crippen molar-refractivity contribution < 1.29 is 0 Å². The summed E-state index contributed by atoms with van der Waals surface area (Å²) in [4.78, 5) is 0. The molecule has 3 unspecified atom stereocenters. The van der Waals surface area contributed by atoms with Gasteiger partial charge in [0.05, 0.1) is 0 Å². The molecule has 0 aliphatic heterocycles. The molecule has 0 aromatic carbocycles. The van der Waals surface area contributed by atoms with Crippen molar-refractivity contribution >= 4 is 0 Å². The zero-order valence-corrected chi connectivity index (χ0v) is 12.8. The fourth-order valence-corrected chi connectivity index (χ4v) is 4.15. The lowest BCUT2D eigenvalue weighted by molar-refractivity contribution is 0.161. The van der Waals surface area contributed by atoms with Gasteiger partial charge in [0.1, 0.15) is 0 Å². The van der Waals surface area contributed by atoms with Crippen LogP contribution >= 0.6 is 0 Å². The molecule has 2 aliphatic carbocycles. The summed E-state index contributed by atoms with van der Waals surface area (Å²) < 4.78 is 0. The molecule has 0 saturated heterocycles. The molecular formula is C17H33N. The van der Waals surface area contributed by atoms with E-state index in [-0.39, 0.29) is 0 Å². The maximum Gasteiger partial charge on any atom is 0.0100 e. The summed E-state index contributed by atoms with van der Waals surface area (Å²) >= 11 is 0. The molecule has 0 heterocycles. The van der Waals surface area contributed by atoms with Crippen molar-refractivity contribution in [3.05, 3.63) is 0 Å². The predicted molar refractivity (Wildman–Crippen MR) is 79.7 cm³/mol. The van der Waals surface area contributed by atoms with E-state index in [1.807, 2.05) is 0 Å². The Bertz CT molecular complexity index is 230. The summed E-state index contributed by atoms with van der Waals surface area (Å²) in [6.07, 6.45) is 11.7. The van der Waals surface area contributed by atoms with Crippen LogP contribution in [0, 0.1) is 23.7 Å². The van der Waals surface area contributed by atoms with Gasteiger partial charge in [-0.05, 0) is 55.9 Å². The molecule has 3 atom stereocenters. The first-order valence-electron chi connectivity index (χ1n) is 8.40. The van der Waals surface area contributed by atoms with Gasteiger partial charge >= 0.3 is 0 Å². The third-order valence-corrected chi connectivity index (χ3v) is 5.42. The van der Waals surface area contributed by atoms with Crippen molar-refractivity contribution in [3.63, 3.8) is 0 Å². The minimum atomic E-state index is 0.802. The normalized spacial score (nSPS) is 35.0. The maximum absolute atomic E-state index is 3.95. The van der Waals surface area contributed by atoms with E-state index in [1.54, 1.807) is 0 Å². The third kappa shape index (κ3) is 3.98. The first-order chi connectivity index (χ1) is 8.66. The van der Waals surface area contributed by atoms with Crippen LogP contribution in [0.25, 0.3) is 0 Å². The van der Waals surface area contributed by atoms with Gasteiger partial charge in [0, 0.05) is 6.04 Å². The molecule has 0 aromatic heterocycles. The molecule has 1 heteroatoms. The summed E-state index contributed by atoms with van der Waals surface area (Å²) in [6.45, 7) is 8.55. The van der Waals surface area contributed by atoms with Crippen LogP contribution < -0.4 is 5.32 Å². The average Bonchev–Trinajstić information content (AvgIpc) is 2.37. The Morgan fingerprint density at radius 1 is 1.00 bits per heavy atom. The Morgan fingerprint density at radius 2 is 1.72 bits per heavy atom. The highest BCUT2D eigenvalue weighted by Gasteiger charge is 2.30. The van der Waals surface area contributed by atoms with Crippen molar-refractivity contribution in [1.82, 2.24) is 5.32 Å². The van der Waals surface area contributed by atoms with Crippen LogP contribution in [-0.2, 0) is 0 Å². The van der Waals surface area contributed by atoms with Crippen LogP contribution in [0.1, 0.15) is 72.1 Å². The van der Waals surface area contributed by atoms with Crippen molar-refractivity contribution in [2.45, 2.75) is 78.2 Å². The van der Waals surface area contributed by atoms with E-state index >= 15 is 0 Å². The van der Waals surface area contributed by atoms with E-state index in [0.29, 0.717) is 0 Å². The molecule has 0 aromatic rings. The van der Waals surface area contributed by atoms with Gasteiger partial charge in [-0.2, -0.15) is 0 Å². The lowest BCUT2D eigenvalue weighted by Gasteiger charge is -2.39. The number of hydrogen-bond acceptors (Lipinski definition) is 1. The van der Waals surface area contributed by atoms with Crippen LogP contribution in [0.15, 0.2) is 0 Å². The molecule has 0 spiro atoms. The lowest BCUT2D eigenvalue weighted by Crippen LogP contribution is -2.44. The number of rotatable bonds is 4. The molecule has 2 fully saturated rings. The van der Waals surface area contributed by atoms with Crippen LogP contribution in [0.5, 0.6) is 0 Å². The summed E-state index contributed by atoms with van der Waals surface area (Å²) in [5, 5.41) is 3.95. The minimum Gasteiger partial charge on any atom is -0.313 e. The fraction of sp³-hybridized carbons (Fsp3) is 1.00. The van der Waals surface area contributed by atoms with E-state index in [0.717, 1.165) is 29.7 Å². The van der Waals surface area contributed by atoms with Gasteiger partial charge in [-0.15, -0.1) is 0 Å². The highest BCUT2D eigenvalue weighted by molar-refractivity contribution is 4.86. The SMILES string of the molecule is CC1CCC(C(C)C)C(NCC2CCCCC2)C1. The molecule has 2 rings (SSSR count). The van der Waals surface area contributed by atoms with Gasteiger partial charge in [0.25, 0.3) is 0 Å². The highest BCUT2D eigenvalue weighted by atomic mass is 14.9. The van der Waals surface area contributed by atoms with Gasteiger partial charge in [-0.1, -0.05) is 46.5 Å². The molecule has 2 saturated carbocycles. The molecular weight excluding hydrogens is 218 g/mol. The van der Waals surface area contributed by atoms with Crippen LogP contribution in [-0.4, -0.2) is 12.6 Å². The molecule has 1 N–H and O–H groups in total. The van der Waals surface area contributed by atoms with E-state index in [2.05, 4.69) is 26.1 Å². The number of hydrogen-bond donors (Lipinski definition) is 1. The van der Waals surface area contributed by atoms with Crippen molar-refractivity contribution in [2.24, 2.45) is 23.7 Å². The zero-order chi connectivity index (χ0) is 13.0. The molecule has 0 amide bonds. The smallest absolute Gasteiger partial charge is 0.0100 e. The second-order valence-electron chi connectivity index (χ2n) is 7.34. The van der Waals surface area contributed by atoms with E-state index in [4.69, 9.17) is 0 Å². The summed E-state index contributed by atoms with van der Waals surface area (Å²) in [7, 11) is 0. The Morgan fingerprint density at radius 3 is 2.39 bits per heavy atom.